The molecule has 2 aliphatic heterocycles. The van der Waals surface area contributed by atoms with Crippen LogP contribution in [0.15, 0.2) is 18.2 Å². The number of halogens is 1. The third-order valence-corrected chi connectivity index (χ3v) is 5.20. The lowest BCUT2D eigenvalue weighted by Gasteiger charge is -2.47. The molecule has 6 nitrogen and oxygen atoms in total. The maximum Gasteiger partial charge on any atom is 0.253 e. The van der Waals surface area contributed by atoms with Gasteiger partial charge in [-0.25, -0.2) is 4.39 Å². The number of fused-ring (bicyclic) bond motifs is 1. The SMILES string of the molecule is COc1ccc(C(=O)N2CC[C@@H]3[C@@H](CCC(=O)N3CCN)C2)cc1F. The van der Waals surface area contributed by atoms with Crippen molar-refractivity contribution in [2.75, 3.05) is 33.3 Å². The predicted molar refractivity (Wildman–Crippen MR) is 90.8 cm³/mol. The number of methoxy groups -OCH3 is 1. The summed E-state index contributed by atoms with van der Waals surface area (Å²) in [4.78, 5) is 28.5. The van der Waals surface area contributed by atoms with Crippen LogP contribution in [0.3, 0.4) is 0 Å². The highest BCUT2D eigenvalue weighted by atomic mass is 19.1. The molecule has 0 radical (unpaired) electrons. The van der Waals surface area contributed by atoms with E-state index in [0.29, 0.717) is 38.2 Å². The fourth-order valence-electron chi connectivity index (χ4n) is 3.95. The van der Waals surface area contributed by atoms with Gasteiger partial charge in [-0.15, -0.1) is 0 Å². The first-order valence-electron chi connectivity index (χ1n) is 8.67. The second kappa shape index (κ2) is 7.39. The van der Waals surface area contributed by atoms with Gasteiger partial charge in [0.25, 0.3) is 5.91 Å². The van der Waals surface area contributed by atoms with Crippen molar-refractivity contribution in [3.63, 3.8) is 0 Å². The fraction of sp³-hybridized carbons (Fsp3) is 0.556. The molecule has 2 saturated heterocycles. The first-order valence-corrected chi connectivity index (χ1v) is 8.67. The maximum absolute atomic E-state index is 13.9. The van der Waals surface area contributed by atoms with Crippen molar-refractivity contribution in [3.8, 4) is 5.75 Å². The van der Waals surface area contributed by atoms with Crippen molar-refractivity contribution in [2.24, 2.45) is 11.7 Å². The molecule has 1 aromatic rings. The van der Waals surface area contributed by atoms with Crippen LogP contribution in [0.1, 0.15) is 29.6 Å². The fourth-order valence-corrected chi connectivity index (χ4v) is 3.95. The molecule has 2 atom stereocenters. The molecule has 2 amide bonds. The van der Waals surface area contributed by atoms with Crippen molar-refractivity contribution < 1.29 is 18.7 Å². The lowest BCUT2D eigenvalue weighted by Crippen LogP contribution is -2.57. The Labute approximate surface area is 146 Å². The van der Waals surface area contributed by atoms with Crippen molar-refractivity contribution in [1.29, 1.82) is 0 Å². The van der Waals surface area contributed by atoms with E-state index in [2.05, 4.69) is 0 Å². The molecule has 2 aliphatic rings. The molecule has 0 aromatic heterocycles. The molecule has 0 spiro atoms. The number of carbonyl (C=O) groups excluding carboxylic acids is 2. The normalized spacial score (nSPS) is 23.4. The molecule has 0 saturated carbocycles. The van der Waals surface area contributed by atoms with Crippen LogP contribution in [0.4, 0.5) is 4.39 Å². The first-order chi connectivity index (χ1) is 12.0. The molecule has 0 bridgehead atoms. The standard InChI is InChI=1S/C18H24FN3O3/c1-25-16-4-2-12(10-14(16)19)18(24)21-8-6-15-13(11-21)3-5-17(23)22(15)9-7-20/h2,4,10,13,15H,3,5-9,11,20H2,1H3/t13-,15+/m0/s1. The summed E-state index contributed by atoms with van der Waals surface area (Å²) in [6.07, 6.45) is 2.02. The molecule has 136 valence electrons. The lowest BCUT2D eigenvalue weighted by molar-refractivity contribution is -0.140. The summed E-state index contributed by atoms with van der Waals surface area (Å²) in [5.41, 5.74) is 5.95. The lowest BCUT2D eigenvalue weighted by atomic mass is 9.83. The third-order valence-electron chi connectivity index (χ3n) is 5.20. The van der Waals surface area contributed by atoms with Gasteiger partial charge >= 0.3 is 0 Å². The summed E-state index contributed by atoms with van der Waals surface area (Å²) >= 11 is 0. The smallest absolute Gasteiger partial charge is 0.253 e. The van der Waals surface area contributed by atoms with E-state index in [9.17, 15) is 14.0 Å². The summed E-state index contributed by atoms with van der Waals surface area (Å²) < 4.78 is 18.8. The van der Waals surface area contributed by atoms with E-state index in [4.69, 9.17) is 10.5 Å². The summed E-state index contributed by atoms with van der Waals surface area (Å²) in [5.74, 6) is -0.185. The molecule has 1 aromatic carbocycles. The number of carbonyl (C=O) groups is 2. The molecule has 3 rings (SSSR count). The first kappa shape index (κ1) is 17.7. The van der Waals surface area contributed by atoms with Crippen molar-refractivity contribution in [2.45, 2.75) is 25.3 Å². The van der Waals surface area contributed by atoms with E-state index in [-0.39, 0.29) is 29.5 Å². The van der Waals surface area contributed by atoms with Crippen LogP contribution in [0.2, 0.25) is 0 Å². The van der Waals surface area contributed by atoms with Gasteiger partial charge in [0.2, 0.25) is 5.91 Å². The number of benzene rings is 1. The number of rotatable bonds is 4. The van der Waals surface area contributed by atoms with Gasteiger partial charge in [0.1, 0.15) is 0 Å². The average Bonchev–Trinajstić information content (AvgIpc) is 2.63. The van der Waals surface area contributed by atoms with Crippen molar-refractivity contribution >= 4 is 11.8 Å². The number of nitrogens with two attached hydrogens (primary N) is 1. The van der Waals surface area contributed by atoms with Crippen LogP contribution in [0.25, 0.3) is 0 Å². The zero-order valence-electron chi connectivity index (χ0n) is 14.4. The van der Waals surface area contributed by atoms with Gasteiger partial charge in [0.05, 0.1) is 7.11 Å². The van der Waals surface area contributed by atoms with Crippen LogP contribution < -0.4 is 10.5 Å². The van der Waals surface area contributed by atoms with E-state index < -0.39 is 5.82 Å². The Balaban J connectivity index is 1.71. The molecular weight excluding hydrogens is 325 g/mol. The molecule has 2 heterocycles. The summed E-state index contributed by atoms with van der Waals surface area (Å²) in [6, 6.07) is 4.43. The van der Waals surface area contributed by atoms with E-state index in [1.807, 2.05) is 4.90 Å². The van der Waals surface area contributed by atoms with Crippen LogP contribution in [0, 0.1) is 11.7 Å². The molecule has 2 fully saturated rings. The summed E-state index contributed by atoms with van der Waals surface area (Å²) in [7, 11) is 1.39. The van der Waals surface area contributed by atoms with E-state index in [1.54, 1.807) is 11.0 Å². The van der Waals surface area contributed by atoms with Gasteiger partial charge < -0.3 is 20.3 Å². The third kappa shape index (κ3) is 3.46. The van der Waals surface area contributed by atoms with Crippen LogP contribution in [-0.4, -0.2) is 60.9 Å². The van der Waals surface area contributed by atoms with E-state index in [0.717, 1.165) is 12.8 Å². The molecule has 2 N–H and O–H groups in total. The second-order valence-electron chi connectivity index (χ2n) is 6.63. The monoisotopic (exact) mass is 349 g/mol. The predicted octanol–water partition coefficient (Wildman–Crippen LogP) is 1.25. The van der Waals surface area contributed by atoms with Crippen LogP contribution in [-0.2, 0) is 4.79 Å². The number of hydrogen-bond donors (Lipinski definition) is 1. The van der Waals surface area contributed by atoms with E-state index in [1.165, 1.54) is 19.2 Å². The van der Waals surface area contributed by atoms with Crippen molar-refractivity contribution in [1.82, 2.24) is 9.80 Å². The molecule has 0 aliphatic carbocycles. The van der Waals surface area contributed by atoms with E-state index >= 15 is 0 Å². The quantitative estimate of drug-likeness (QED) is 0.888. The van der Waals surface area contributed by atoms with Gasteiger partial charge in [-0.05, 0) is 37.0 Å². The van der Waals surface area contributed by atoms with Crippen LogP contribution in [0.5, 0.6) is 5.75 Å². The number of amides is 2. The largest absolute Gasteiger partial charge is 0.494 e. The topological polar surface area (TPSA) is 75.9 Å². The highest BCUT2D eigenvalue weighted by Crippen LogP contribution is 2.32. The number of hydrogen-bond acceptors (Lipinski definition) is 4. The zero-order valence-corrected chi connectivity index (χ0v) is 14.4. The van der Waals surface area contributed by atoms with Gasteiger partial charge in [-0.2, -0.15) is 0 Å². The number of piperidine rings is 2. The van der Waals surface area contributed by atoms with Gasteiger partial charge in [-0.1, -0.05) is 0 Å². The minimum absolute atomic E-state index is 0.124. The van der Waals surface area contributed by atoms with Gasteiger partial charge in [0, 0.05) is 44.2 Å². The number of ether oxygens (including phenoxy) is 1. The number of nitrogens with zero attached hydrogens (tertiary/aromatic N) is 2. The Morgan fingerprint density at radius 2 is 2.20 bits per heavy atom. The second-order valence-corrected chi connectivity index (χ2v) is 6.63. The highest BCUT2D eigenvalue weighted by Gasteiger charge is 2.40. The zero-order chi connectivity index (χ0) is 18.0. The minimum atomic E-state index is -0.541. The number of likely N-dealkylation sites (tertiary alicyclic amines) is 2. The summed E-state index contributed by atoms with van der Waals surface area (Å²) in [6.45, 7) is 2.16. The molecule has 25 heavy (non-hydrogen) atoms. The van der Waals surface area contributed by atoms with Crippen molar-refractivity contribution in [3.05, 3.63) is 29.6 Å². The minimum Gasteiger partial charge on any atom is -0.494 e. The summed E-state index contributed by atoms with van der Waals surface area (Å²) in [5, 5.41) is 0. The molecule has 0 unspecified atom stereocenters. The maximum atomic E-state index is 13.9. The Hall–Kier alpha value is -2.15. The Morgan fingerprint density at radius 3 is 2.88 bits per heavy atom. The average molecular weight is 349 g/mol. The van der Waals surface area contributed by atoms with Crippen LogP contribution >= 0.6 is 0 Å². The van der Waals surface area contributed by atoms with Gasteiger partial charge in [0.15, 0.2) is 11.6 Å². The highest BCUT2D eigenvalue weighted by molar-refractivity contribution is 5.94. The Kier molecular flexibility index (Phi) is 5.22. The molecule has 7 heteroatoms. The Morgan fingerprint density at radius 1 is 1.40 bits per heavy atom. The van der Waals surface area contributed by atoms with Gasteiger partial charge in [-0.3, -0.25) is 9.59 Å². The molecular formula is C18H24FN3O3. The Bertz CT molecular complexity index is 667.